The van der Waals surface area contributed by atoms with E-state index in [0.29, 0.717) is 29.0 Å². The number of aromatic nitrogens is 3. The van der Waals surface area contributed by atoms with Gasteiger partial charge in [-0.1, -0.05) is 25.1 Å². The largest absolute Gasteiger partial charge is 0.481 e. The fraction of sp³-hybridized carbons (Fsp3) is 0.233. The number of para-hydroxylation sites is 2. The van der Waals surface area contributed by atoms with Gasteiger partial charge < -0.3 is 26.0 Å². The van der Waals surface area contributed by atoms with Gasteiger partial charge in [-0.2, -0.15) is 4.68 Å². The molecule has 0 radical (unpaired) electrons. The predicted octanol–water partition coefficient (Wildman–Crippen LogP) is 3.17. The Hall–Kier alpha value is -5.46. The summed E-state index contributed by atoms with van der Waals surface area (Å²) in [5.41, 5.74) is 7.50. The summed E-state index contributed by atoms with van der Waals surface area (Å²) in [5.74, 6) is -1.58. The second-order valence-corrected chi connectivity index (χ2v) is 9.92. The normalized spacial score (nSPS) is 11.5. The van der Waals surface area contributed by atoms with E-state index in [1.165, 1.54) is 17.9 Å². The van der Waals surface area contributed by atoms with Crippen molar-refractivity contribution in [2.24, 2.45) is 5.73 Å². The first kappa shape index (κ1) is 30.5. The highest BCUT2D eigenvalue weighted by molar-refractivity contribution is 5.95. The quantitative estimate of drug-likeness (QED) is 0.132. The van der Waals surface area contributed by atoms with Crippen LogP contribution in [0.5, 0.6) is 5.75 Å². The number of aryl methyl sites for hydroxylation is 1. The minimum absolute atomic E-state index is 0.0701. The highest BCUT2D eigenvalue weighted by Crippen LogP contribution is 2.33. The molecule has 1 heterocycles. The van der Waals surface area contributed by atoms with E-state index in [0.717, 1.165) is 10.2 Å². The number of ether oxygens (including phenoxy) is 1. The van der Waals surface area contributed by atoms with Gasteiger partial charge in [-0.15, -0.1) is 5.10 Å². The van der Waals surface area contributed by atoms with Crippen molar-refractivity contribution in [3.05, 3.63) is 99.5 Å². The number of nitrogens with two attached hydrogens (primary N) is 1. The number of halogens is 1. The predicted molar refractivity (Wildman–Crippen MR) is 161 cm³/mol. The molecule has 4 aromatic rings. The summed E-state index contributed by atoms with van der Waals surface area (Å²) in [5, 5.41) is 18.1. The van der Waals surface area contributed by atoms with Gasteiger partial charge in [0, 0.05) is 37.8 Å². The summed E-state index contributed by atoms with van der Waals surface area (Å²) in [7, 11) is 3.15. The van der Waals surface area contributed by atoms with Crippen molar-refractivity contribution < 1.29 is 18.7 Å². The van der Waals surface area contributed by atoms with Crippen LogP contribution in [-0.4, -0.2) is 58.0 Å². The third kappa shape index (κ3) is 7.07. The number of benzene rings is 3. The Morgan fingerprint density at radius 2 is 1.86 bits per heavy atom. The Balaban J connectivity index is 1.85. The summed E-state index contributed by atoms with van der Waals surface area (Å²) in [4.78, 5) is 41.2. The maximum absolute atomic E-state index is 16.2. The number of H-pyrrole nitrogens is 1. The zero-order valence-electron chi connectivity index (χ0n) is 24.2. The third-order valence-electron chi connectivity index (χ3n) is 6.55. The first-order valence-electron chi connectivity index (χ1n) is 13.4. The number of likely N-dealkylation sites (N-methyl/N-ethyl adjacent to an activating group) is 1. The molecule has 224 valence electrons. The molecule has 0 aliphatic rings. The van der Waals surface area contributed by atoms with Crippen LogP contribution in [0.25, 0.3) is 5.69 Å². The van der Waals surface area contributed by atoms with Gasteiger partial charge >= 0.3 is 5.69 Å². The number of anilines is 2. The zero-order valence-corrected chi connectivity index (χ0v) is 24.2. The van der Waals surface area contributed by atoms with Gasteiger partial charge in [0.05, 0.1) is 11.4 Å². The van der Waals surface area contributed by atoms with Gasteiger partial charge in [0.2, 0.25) is 5.91 Å². The molecule has 1 unspecified atom stereocenters. The Kier molecular flexibility index (Phi) is 9.23. The Labute approximate surface area is 247 Å². The van der Waals surface area contributed by atoms with E-state index in [-0.39, 0.29) is 41.4 Å². The molecule has 0 aliphatic carbocycles. The lowest BCUT2D eigenvalue weighted by atomic mass is 10.00. The molecule has 6 N–H and O–H groups in total. The summed E-state index contributed by atoms with van der Waals surface area (Å²) in [6.07, 6.45) is 0.528. The van der Waals surface area contributed by atoms with Gasteiger partial charge in [-0.05, 0) is 54.4 Å². The summed E-state index contributed by atoms with van der Waals surface area (Å²) in [6.45, 7) is 2.87. The maximum atomic E-state index is 16.2. The van der Waals surface area contributed by atoms with Crippen molar-refractivity contribution >= 4 is 29.0 Å². The van der Waals surface area contributed by atoms with Gasteiger partial charge in [-0.25, -0.2) is 9.18 Å². The minimum atomic E-state index is -1.04. The highest BCUT2D eigenvalue weighted by Gasteiger charge is 2.27. The van der Waals surface area contributed by atoms with E-state index < -0.39 is 17.5 Å². The highest BCUT2D eigenvalue weighted by atomic mass is 19.1. The molecule has 2 amide bonds. The van der Waals surface area contributed by atoms with Crippen LogP contribution in [0.2, 0.25) is 0 Å². The number of nitrogen functional groups attached to an aromatic ring is 1. The SMILES string of the molecule is CCc1cc(OCC(=O)N(C)C)c(F)c(C(Nc2ccc(C(=N)N)cc2)c2nn(-c3ccccc3NC(C)=O)c(=O)[nH]2)c1. The number of carbonyl (C=O) groups is 2. The molecule has 1 atom stereocenters. The topological polar surface area (TPSA) is 171 Å². The van der Waals surface area contributed by atoms with Crippen LogP contribution in [0.1, 0.15) is 42.4 Å². The van der Waals surface area contributed by atoms with Crippen LogP contribution in [-0.2, 0) is 16.0 Å². The minimum Gasteiger partial charge on any atom is -0.481 e. The standard InChI is InChI=1S/C30H33FN8O4/c1-5-18-14-21(26(31)24(15-18)43-16-25(41)38(3)4)27(35-20-12-10-19(11-13-20)28(32)33)29-36-30(42)39(37-29)23-9-7-6-8-22(23)34-17(2)40/h6-15,27,35H,5,16H2,1-4H3,(H3,32,33)(H,34,40)(H,36,37,42). The van der Waals surface area contributed by atoms with E-state index in [1.54, 1.807) is 68.7 Å². The molecule has 43 heavy (non-hydrogen) atoms. The van der Waals surface area contributed by atoms with Crippen molar-refractivity contribution in [3.8, 4) is 11.4 Å². The van der Waals surface area contributed by atoms with Crippen molar-refractivity contribution in [1.82, 2.24) is 19.7 Å². The van der Waals surface area contributed by atoms with Crippen LogP contribution in [0.3, 0.4) is 0 Å². The molecular formula is C30H33FN8O4. The van der Waals surface area contributed by atoms with Crippen molar-refractivity contribution in [2.75, 3.05) is 31.3 Å². The molecule has 3 aromatic carbocycles. The van der Waals surface area contributed by atoms with E-state index in [1.807, 2.05) is 6.92 Å². The fourth-order valence-electron chi connectivity index (χ4n) is 4.26. The van der Waals surface area contributed by atoms with E-state index in [4.69, 9.17) is 15.9 Å². The van der Waals surface area contributed by atoms with Crippen LogP contribution < -0.4 is 26.8 Å². The molecule has 4 rings (SSSR count). The lowest BCUT2D eigenvalue weighted by Gasteiger charge is -2.21. The number of aromatic amines is 1. The van der Waals surface area contributed by atoms with Crippen LogP contribution >= 0.6 is 0 Å². The molecule has 0 aliphatic heterocycles. The lowest BCUT2D eigenvalue weighted by Crippen LogP contribution is -2.28. The van der Waals surface area contributed by atoms with E-state index in [2.05, 4.69) is 20.7 Å². The summed E-state index contributed by atoms with van der Waals surface area (Å²) >= 11 is 0. The van der Waals surface area contributed by atoms with Gasteiger partial charge in [0.25, 0.3) is 5.91 Å². The smallest absolute Gasteiger partial charge is 0.348 e. The van der Waals surface area contributed by atoms with Crippen molar-refractivity contribution in [2.45, 2.75) is 26.3 Å². The number of hydrogen-bond acceptors (Lipinski definition) is 7. The third-order valence-corrected chi connectivity index (χ3v) is 6.55. The second kappa shape index (κ2) is 13.0. The molecule has 0 saturated carbocycles. The Morgan fingerprint density at radius 3 is 2.49 bits per heavy atom. The second-order valence-electron chi connectivity index (χ2n) is 9.92. The molecule has 12 nitrogen and oxygen atoms in total. The average molecular weight is 589 g/mol. The van der Waals surface area contributed by atoms with Crippen LogP contribution in [0.15, 0.2) is 65.5 Å². The molecule has 0 bridgehead atoms. The van der Waals surface area contributed by atoms with Crippen LogP contribution in [0.4, 0.5) is 15.8 Å². The lowest BCUT2D eigenvalue weighted by molar-refractivity contribution is -0.130. The molecule has 13 heteroatoms. The molecule has 0 spiro atoms. The van der Waals surface area contributed by atoms with Gasteiger partial charge in [-0.3, -0.25) is 20.0 Å². The Morgan fingerprint density at radius 1 is 1.16 bits per heavy atom. The van der Waals surface area contributed by atoms with Gasteiger partial charge in [0.15, 0.2) is 24.0 Å². The monoisotopic (exact) mass is 588 g/mol. The number of carbonyl (C=O) groups excluding carboxylic acids is 2. The number of amidine groups is 1. The van der Waals surface area contributed by atoms with Crippen molar-refractivity contribution in [1.29, 1.82) is 5.41 Å². The first-order chi connectivity index (χ1) is 20.5. The maximum Gasteiger partial charge on any atom is 0.348 e. The van der Waals surface area contributed by atoms with Crippen LogP contribution in [0, 0.1) is 11.2 Å². The van der Waals surface area contributed by atoms with Gasteiger partial charge in [0.1, 0.15) is 11.9 Å². The number of nitrogens with zero attached hydrogens (tertiary/aromatic N) is 3. The molecular weight excluding hydrogens is 555 g/mol. The molecule has 0 fully saturated rings. The summed E-state index contributed by atoms with van der Waals surface area (Å²) in [6, 6.07) is 15.4. The summed E-state index contributed by atoms with van der Waals surface area (Å²) < 4.78 is 22.9. The average Bonchev–Trinajstić information content (AvgIpc) is 3.36. The number of hydrogen-bond donors (Lipinski definition) is 5. The van der Waals surface area contributed by atoms with E-state index in [9.17, 15) is 14.4 Å². The Bertz CT molecular complexity index is 1710. The zero-order chi connectivity index (χ0) is 31.3. The number of amides is 2. The molecule has 1 aromatic heterocycles. The van der Waals surface area contributed by atoms with Crippen molar-refractivity contribution in [3.63, 3.8) is 0 Å². The first-order valence-corrected chi connectivity index (χ1v) is 13.4. The number of rotatable bonds is 11. The fourth-order valence-corrected chi connectivity index (χ4v) is 4.26. The van der Waals surface area contributed by atoms with E-state index >= 15 is 4.39 Å². The number of nitrogens with one attached hydrogen (secondary N) is 4. The molecule has 0 saturated heterocycles.